The first-order chi connectivity index (χ1) is 9.11. The predicted octanol–water partition coefficient (Wildman–Crippen LogP) is 4.04. The third kappa shape index (κ3) is 2.78. The highest BCUT2D eigenvalue weighted by Gasteiger charge is 2.15. The minimum Gasteiger partial charge on any atom is -0.322 e. The molecule has 0 spiro atoms. The Morgan fingerprint density at radius 3 is 2.42 bits per heavy atom. The predicted molar refractivity (Wildman–Crippen MR) is 75.1 cm³/mol. The molecule has 0 atom stereocenters. The van der Waals surface area contributed by atoms with Crippen molar-refractivity contribution in [3.63, 3.8) is 0 Å². The second kappa shape index (κ2) is 5.32. The van der Waals surface area contributed by atoms with Crippen LogP contribution in [0.5, 0.6) is 0 Å². The van der Waals surface area contributed by atoms with E-state index in [0.717, 1.165) is 16.8 Å². The molecule has 2 aromatic rings. The number of hydrogen-bond acceptors (Lipinski definition) is 2. The maximum atomic E-state index is 12.0. The molecule has 0 aliphatic carbocycles. The number of aryl methyl sites for hydroxylation is 2. The smallest absolute Gasteiger partial charge is 0.322 e. The summed E-state index contributed by atoms with van der Waals surface area (Å²) in [4.78, 5) is 15.2. The lowest BCUT2D eigenvalue weighted by Gasteiger charge is -2.08. The average Bonchev–Trinajstić information content (AvgIpc) is 2.43. The summed E-state index contributed by atoms with van der Waals surface area (Å²) in [6, 6.07) is 12.6. The van der Waals surface area contributed by atoms with Crippen molar-refractivity contribution < 1.29 is 4.79 Å². The zero-order valence-electron chi connectivity index (χ0n) is 10.8. The van der Waals surface area contributed by atoms with Crippen LogP contribution in [0.1, 0.15) is 21.5 Å². The summed E-state index contributed by atoms with van der Waals surface area (Å²) in [5, 5.41) is 11.7. The van der Waals surface area contributed by atoms with Crippen LogP contribution in [0.2, 0.25) is 0 Å². The van der Waals surface area contributed by atoms with Crippen LogP contribution in [0.4, 0.5) is 11.4 Å². The van der Waals surface area contributed by atoms with Gasteiger partial charge in [-0.25, -0.2) is 0 Å². The molecule has 0 saturated carbocycles. The number of carbonyl (C=O) groups excluding carboxylic acids is 1. The maximum absolute atomic E-state index is 12.0. The van der Waals surface area contributed by atoms with Gasteiger partial charge in [-0.15, -0.1) is 0 Å². The molecular formula is C15H14N3O+. The first kappa shape index (κ1) is 12.8. The Labute approximate surface area is 111 Å². The van der Waals surface area contributed by atoms with Gasteiger partial charge in [-0.05, 0) is 37.6 Å². The molecule has 1 amide bonds. The van der Waals surface area contributed by atoms with Gasteiger partial charge in [0.1, 0.15) is 0 Å². The molecule has 0 heterocycles. The topological polar surface area (TPSA) is 57.2 Å². The maximum Gasteiger partial charge on any atom is 0.388 e. The minimum absolute atomic E-state index is 0.156. The summed E-state index contributed by atoms with van der Waals surface area (Å²) >= 11 is 0. The Bertz CT molecular complexity index is 657. The standard InChI is InChI=1S/C15H13N3O/c1-10-9-14(18-16)11(2)8-13(10)17-15(19)12-6-4-3-5-7-12/h3-9H,1-2H3/p+1. The van der Waals surface area contributed by atoms with E-state index in [2.05, 4.69) is 10.3 Å². The van der Waals surface area contributed by atoms with Crippen LogP contribution in [0.25, 0.3) is 4.98 Å². The van der Waals surface area contributed by atoms with Crippen molar-refractivity contribution in [2.24, 2.45) is 0 Å². The first-order valence-electron chi connectivity index (χ1n) is 5.94. The molecule has 1 N–H and O–H groups in total. The van der Waals surface area contributed by atoms with Crippen molar-refractivity contribution in [3.8, 4) is 0 Å². The monoisotopic (exact) mass is 252 g/mol. The van der Waals surface area contributed by atoms with Crippen molar-refractivity contribution in [2.45, 2.75) is 13.8 Å². The fourth-order valence-corrected chi connectivity index (χ4v) is 1.83. The molecule has 0 aliphatic heterocycles. The van der Waals surface area contributed by atoms with E-state index in [4.69, 9.17) is 5.39 Å². The summed E-state index contributed by atoms with van der Waals surface area (Å²) in [6.07, 6.45) is 0. The van der Waals surface area contributed by atoms with Crippen molar-refractivity contribution in [1.82, 2.24) is 0 Å². The van der Waals surface area contributed by atoms with Crippen molar-refractivity contribution in [1.29, 1.82) is 5.39 Å². The van der Waals surface area contributed by atoms with Crippen LogP contribution in [0.3, 0.4) is 0 Å². The molecule has 0 saturated heterocycles. The van der Waals surface area contributed by atoms with E-state index in [1.165, 1.54) is 0 Å². The quantitative estimate of drug-likeness (QED) is 0.820. The van der Waals surface area contributed by atoms with Crippen LogP contribution < -0.4 is 5.32 Å². The van der Waals surface area contributed by atoms with Gasteiger partial charge in [-0.2, -0.15) is 0 Å². The molecule has 0 radical (unpaired) electrons. The molecule has 4 heteroatoms. The van der Waals surface area contributed by atoms with Crippen LogP contribution in [0.15, 0.2) is 42.5 Å². The van der Waals surface area contributed by atoms with E-state index in [-0.39, 0.29) is 5.91 Å². The lowest BCUT2D eigenvalue weighted by atomic mass is 10.1. The van der Waals surface area contributed by atoms with Crippen molar-refractivity contribution in [3.05, 3.63) is 64.1 Å². The van der Waals surface area contributed by atoms with Gasteiger partial charge < -0.3 is 5.32 Å². The summed E-state index contributed by atoms with van der Waals surface area (Å²) in [5.41, 5.74) is 3.49. The highest BCUT2D eigenvalue weighted by Crippen LogP contribution is 2.26. The third-order valence-corrected chi connectivity index (χ3v) is 2.93. The lowest BCUT2D eigenvalue weighted by Crippen LogP contribution is -2.12. The van der Waals surface area contributed by atoms with Gasteiger partial charge in [-0.1, -0.05) is 18.2 Å². The van der Waals surface area contributed by atoms with Crippen molar-refractivity contribution >= 4 is 17.3 Å². The number of carbonyl (C=O) groups is 1. The van der Waals surface area contributed by atoms with E-state index in [1.807, 2.05) is 32.0 Å². The van der Waals surface area contributed by atoms with E-state index < -0.39 is 0 Å². The van der Waals surface area contributed by atoms with Crippen LogP contribution in [-0.4, -0.2) is 5.91 Å². The van der Waals surface area contributed by atoms with Crippen LogP contribution in [0, 0.1) is 19.2 Å². The second-order valence-corrected chi connectivity index (χ2v) is 4.37. The number of hydrogen-bond donors (Lipinski definition) is 1. The second-order valence-electron chi connectivity index (χ2n) is 4.37. The Hall–Kier alpha value is -2.67. The fourth-order valence-electron chi connectivity index (χ4n) is 1.83. The zero-order chi connectivity index (χ0) is 13.8. The Kier molecular flexibility index (Phi) is 3.58. The Balaban J connectivity index is 2.28. The number of rotatable bonds is 2. The molecule has 2 rings (SSSR count). The summed E-state index contributed by atoms with van der Waals surface area (Å²) in [5.74, 6) is -0.156. The van der Waals surface area contributed by atoms with Gasteiger partial charge in [0.15, 0.2) is 4.98 Å². The molecule has 0 bridgehead atoms. The molecule has 0 aliphatic rings. The van der Waals surface area contributed by atoms with Crippen LogP contribution >= 0.6 is 0 Å². The molecule has 2 aromatic carbocycles. The molecule has 19 heavy (non-hydrogen) atoms. The van der Waals surface area contributed by atoms with Gasteiger partial charge in [0.2, 0.25) is 5.39 Å². The normalized spacial score (nSPS) is 9.74. The lowest BCUT2D eigenvalue weighted by molar-refractivity contribution is 0.102. The SMILES string of the molecule is Cc1cc(NC(=O)c2ccccc2)c(C)cc1[N+]#N. The molecule has 0 fully saturated rings. The number of benzene rings is 2. The van der Waals surface area contributed by atoms with E-state index in [9.17, 15) is 4.79 Å². The average molecular weight is 252 g/mol. The molecule has 94 valence electrons. The molecule has 4 nitrogen and oxygen atoms in total. The number of nitrogens with zero attached hydrogens (tertiary/aromatic N) is 2. The number of anilines is 1. The number of amides is 1. The van der Waals surface area contributed by atoms with Gasteiger partial charge in [0.25, 0.3) is 5.91 Å². The van der Waals surface area contributed by atoms with Gasteiger partial charge in [0, 0.05) is 22.9 Å². The summed E-state index contributed by atoms with van der Waals surface area (Å²) in [7, 11) is 0. The fraction of sp³-hybridized carbons (Fsp3) is 0.133. The van der Waals surface area contributed by atoms with Crippen LogP contribution in [-0.2, 0) is 0 Å². The molecule has 0 aromatic heterocycles. The Morgan fingerprint density at radius 1 is 1.11 bits per heavy atom. The van der Waals surface area contributed by atoms with Gasteiger partial charge in [0.05, 0.1) is 0 Å². The third-order valence-electron chi connectivity index (χ3n) is 2.93. The largest absolute Gasteiger partial charge is 0.388 e. The first-order valence-corrected chi connectivity index (χ1v) is 5.94. The minimum atomic E-state index is -0.156. The van der Waals surface area contributed by atoms with E-state index in [1.54, 1.807) is 24.3 Å². The number of nitrogens with one attached hydrogen (secondary N) is 1. The zero-order valence-corrected chi connectivity index (χ0v) is 10.8. The van der Waals surface area contributed by atoms with Crippen molar-refractivity contribution in [2.75, 3.05) is 5.32 Å². The van der Waals surface area contributed by atoms with Gasteiger partial charge in [-0.3, -0.25) is 4.79 Å². The van der Waals surface area contributed by atoms with E-state index in [0.29, 0.717) is 11.3 Å². The van der Waals surface area contributed by atoms with E-state index >= 15 is 0 Å². The summed E-state index contributed by atoms with van der Waals surface area (Å²) in [6.45, 7) is 3.68. The highest BCUT2D eigenvalue weighted by atomic mass is 16.1. The van der Waals surface area contributed by atoms with Gasteiger partial charge >= 0.3 is 5.69 Å². The molecule has 0 unspecified atom stereocenters. The number of diazo groups is 1. The Morgan fingerprint density at radius 2 is 1.79 bits per heavy atom. The molecular weight excluding hydrogens is 238 g/mol. The summed E-state index contributed by atoms with van der Waals surface area (Å²) < 4.78 is 0. The highest BCUT2D eigenvalue weighted by molar-refractivity contribution is 6.04.